The Kier molecular flexibility index (Phi) is 7.66. The molecule has 0 radical (unpaired) electrons. The van der Waals surface area contributed by atoms with Crippen LogP contribution in [0.5, 0.6) is 0 Å². The van der Waals surface area contributed by atoms with Crippen LogP contribution in [-0.2, 0) is 20.9 Å². The number of hydrogen-bond donors (Lipinski definition) is 2. The predicted octanol–water partition coefficient (Wildman–Crippen LogP) is 2.43. The number of carbonyl (C=O) groups is 3. The van der Waals surface area contributed by atoms with Crippen LogP contribution in [0.1, 0.15) is 39.2 Å². The SMILES string of the molecule is CC(C)(C)OC(=O)N1CCC[C@H](NC(=O)CNC(=O)OCc2ccccc2)C1. The maximum atomic E-state index is 12.2. The molecule has 1 atom stereocenters. The van der Waals surface area contributed by atoms with Crippen molar-refractivity contribution in [2.75, 3.05) is 19.6 Å². The Hall–Kier alpha value is -2.77. The van der Waals surface area contributed by atoms with Gasteiger partial charge in [-0.2, -0.15) is 0 Å². The molecule has 0 spiro atoms. The molecule has 3 amide bonds. The Balaban J connectivity index is 1.69. The number of carbonyl (C=O) groups excluding carboxylic acids is 3. The minimum absolute atomic E-state index is 0.141. The van der Waals surface area contributed by atoms with Gasteiger partial charge >= 0.3 is 12.2 Å². The number of hydrogen-bond acceptors (Lipinski definition) is 5. The molecule has 1 aromatic rings. The van der Waals surface area contributed by atoms with Gasteiger partial charge < -0.3 is 25.0 Å². The van der Waals surface area contributed by atoms with E-state index in [4.69, 9.17) is 9.47 Å². The monoisotopic (exact) mass is 391 g/mol. The Morgan fingerprint density at radius 1 is 1.18 bits per heavy atom. The van der Waals surface area contributed by atoms with Gasteiger partial charge in [0, 0.05) is 19.1 Å². The number of rotatable bonds is 5. The van der Waals surface area contributed by atoms with Crippen LogP contribution in [0.4, 0.5) is 9.59 Å². The van der Waals surface area contributed by atoms with Crippen molar-refractivity contribution in [3.05, 3.63) is 35.9 Å². The summed E-state index contributed by atoms with van der Waals surface area (Å²) in [5, 5.41) is 5.27. The van der Waals surface area contributed by atoms with Gasteiger partial charge in [0.15, 0.2) is 0 Å². The van der Waals surface area contributed by atoms with E-state index < -0.39 is 11.7 Å². The van der Waals surface area contributed by atoms with E-state index in [2.05, 4.69) is 10.6 Å². The number of nitrogens with one attached hydrogen (secondary N) is 2. The smallest absolute Gasteiger partial charge is 0.410 e. The maximum Gasteiger partial charge on any atom is 0.410 e. The van der Waals surface area contributed by atoms with Crippen molar-refractivity contribution in [3.63, 3.8) is 0 Å². The molecule has 28 heavy (non-hydrogen) atoms. The zero-order chi connectivity index (χ0) is 20.6. The summed E-state index contributed by atoms with van der Waals surface area (Å²) in [6.07, 6.45) is 0.507. The highest BCUT2D eigenvalue weighted by Crippen LogP contribution is 2.15. The number of benzene rings is 1. The first-order chi connectivity index (χ1) is 13.2. The lowest BCUT2D eigenvalue weighted by Crippen LogP contribution is -2.52. The first-order valence-electron chi connectivity index (χ1n) is 9.45. The maximum absolute atomic E-state index is 12.2. The molecule has 1 heterocycles. The quantitative estimate of drug-likeness (QED) is 0.803. The molecule has 1 aliphatic rings. The van der Waals surface area contributed by atoms with Gasteiger partial charge in [0.05, 0.1) is 0 Å². The molecule has 0 unspecified atom stereocenters. The second kappa shape index (κ2) is 9.96. The summed E-state index contributed by atoms with van der Waals surface area (Å²) in [4.78, 5) is 37.5. The highest BCUT2D eigenvalue weighted by atomic mass is 16.6. The Morgan fingerprint density at radius 3 is 2.57 bits per heavy atom. The fourth-order valence-corrected chi connectivity index (χ4v) is 2.79. The molecule has 0 aliphatic carbocycles. The van der Waals surface area contributed by atoms with Crippen molar-refractivity contribution < 1.29 is 23.9 Å². The lowest BCUT2D eigenvalue weighted by atomic mass is 10.1. The molecule has 2 rings (SSSR count). The van der Waals surface area contributed by atoms with Gasteiger partial charge in [-0.15, -0.1) is 0 Å². The van der Waals surface area contributed by atoms with Crippen molar-refractivity contribution in [1.82, 2.24) is 15.5 Å². The second-order valence-corrected chi connectivity index (χ2v) is 7.75. The van der Waals surface area contributed by atoms with Crippen molar-refractivity contribution >= 4 is 18.1 Å². The Morgan fingerprint density at radius 2 is 1.89 bits per heavy atom. The summed E-state index contributed by atoms with van der Waals surface area (Å²) in [6, 6.07) is 9.11. The van der Waals surface area contributed by atoms with E-state index in [1.54, 1.807) is 4.90 Å². The summed E-state index contributed by atoms with van der Waals surface area (Å²) in [5.41, 5.74) is 0.309. The second-order valence-electron chi connectivity index (χ2n) is 7.75. The van der Waals surface area contributed by atoms with Crippen LogP contribution in [0.2, 0.25) is 0 Å². The van der Waals surface area contributed by atoms with Crippen LogP contribution in [0.15, 0.2) is 30.3 Å². The zero-order valence-corrected chi connectivity index (χ0v) is 16.7. The molecule has 0 bridgehead atoms. The predicted molar refractivity (Wildman–Crippen MR) is 104 cm³/mol. The van der Waals surface area contributed by atoms with E-state index in [-0.39, 0.29) is 31.2 Å². The van der Waals surface area contributed by atoms with Gasteiger partial charge in [0.2, 0.25) is 5.91 Å². The van der Waals surface area contributed by atoms with Crippen LogP contribution in [-0.4, -0.2) is 54.3 Å². The highest BCUT2D eigenvalue weighted by Gasteiger charge is 2.28. The first kappa shape index (κ1) is 21.5. The number of alkyl carbamates (subject to hydrolysis) is 1. The van der Waals surface area contributed by atoms with E-state index >= 15 is 0 Å². The standard InChI is InChI=1S/C20H29N3O5/c1-20(2,3)28-19(26)23-11-7-10-16(13-23)22-17(24)12-21-18(25)27-14-15-8-5-4-6-9-15/h4-6,8-9,16H,7,10-14H2,1-3H3,(H,21,25)(H,22,24)/t16-/m0/s1. The molecule has 8 heteroatoms. The molecule has 2 N–H and O–H groups in total. The average molecular weight is 391 g/mol. The third kappa shape index (κ3) is 7.85. The van der Waals surface area contributed by atoms with Crippen LogP contribution in [0, 0.1) is 0 Å². The van der Waals surface area contributed by atoms with Crippen LogP contribution < -0.4 is 10.6 Å². The van der Waals surface area contributed by atoms with Gasteiger partial charge in [0.1, 0.15) is 18.8 Å². The van der Waals surface area contributed by atoms with Gasteiger partial charge in [-0.25, -0.2) is 9.59 Å². The number of ether oxygens (including phenoxy) is 2. The van der Waals surface area contributed by atoms with Crippen molar-refractivity contribution in [2.45, 2.75) is 51.9 Å². The Bertz CT molecular complexity index is 672. The zero-order valence-electron chi connectivity index (χ0n) is 16.7. The van der Waals surface area contributed by atoms with E-state index in [9.17, 15) is 14.4 Å². The Labute approximate surface area is 165 Å². The van der Waals surface area contributed by atoms with Gasteiger partial charge in [0.25, 0.3) is 0 Å². The molecule has 154 valence electrons. The van der Waals surface area contributed by atoms with Gasteiger partial charge in [-0.05, 0) is 39.2 Å². The normalized spacial score (nSPS) is 16.8. The van der Waals surface area contributed by atoms with Gasteiger partial charge in [-0.1, -0.05) is 30.3 Å². The molecular formula is C20H29N3O5. The van der Waals surface area contributed by atoms with Crippen molar-refractivity contribution in [1.29, 1.82) is 0 Å². The number of amides is 3. The number of likely N-dealkylation sites (tertiary alicyclic amines) is 1. The third-order valence-corrected chi connectivity index (χ3v) is 4.04. The lowest BCUT2D eigenvalue weighted by Gasteiger charge is -2.34. The van der Waals surface area contributed by atoms with E-state index in [1.165, 1.54) is 0 Å². The molecule has 0 aromatic heterocycles. The van der Waals surface area contributed by atoms with E-state index in [1.807, 2.05) is 51.1 Å². The first-order valence-corrected chi connectivity index (χ1v) is 9.45. The van der Waals surface area contributed by atoms with Crippen molar-refractivity contribution in [2.24, 2.45) is 0 Å². The largest absolute Gasteiger partial charge is 0.445 e. The minimum Gasteiger partial charge on any atom is -0.445 e. The summed E-state index contributed by atoms with van der Waals surface area (Å²) in [6.45, 7) is 6.40. The molecule has 0 saturated carbocycles. The molecule has 1 saturated heterocycles. The molecule has 1 fully saturated rings. The number of piperidine rings is 1. The average Bonchev–Trinajstić information content (AvgIpc) is 2.64. The summed E-state index contributed by atoms with van der Waals surface area (Å²) in [7, 11) is 0. The van der Waals surface area contributed by atoms with E-state index in [0.717, 1.165) is 18.4 Å². The van der Waals surface area contributed by atoms with Crippen LogP contribution in [0.3, 0.4) is 0 Å². The molecule has 1 aliphatic heterocycles. The lowest BCUT2D eigenvalue weighted by molar-refractivity contribution is -0.121. The number of nitrogens with zero attached hydrogens (tertiary/aromatic N) is 1. The van der Waals surface area contributed by atoms with Gasteiger partial charge in [-0.3, -0.25) is 4.79 Å². The molecule has 1 aromatic carbocycles. The molecular weight excluding hydrogens is 362 g/mol. The van der Waals surface area contributed by atoms with Crippen LogP contribution >= 0.6 is 0 Å². The summed E-state index contributed by atoms with van der Waals surface area (Å²) < 4.78 is 10.4. The topological polar surface area (TPSA) is 97.0 Å². The molecule has 8 nitrogen and oxygen atoms in total. The third-order valence-electron chi connectivity index (χ3n) is 4.04. The minimum atomic E-state index is -0.655. The summed E-state index contributed by atoms with van der Waals surface area (Å²) in [5.74, 6) is -0.326. The highest BCUT2D eigenvalue weighted by molar-refractivity contribution is 5.82. The van der Waals surface area contributed by atoms with Crippen LogP contribution in [0.25, 0.3) is 0 Å². The fourth-order valence-electron chi connectivity index (χ4n) is 2.79. The van der Waals surface area contributed by atoms with Crippen molar-refractivity contribution in [3.8, 4) is 0 Å². The van der Waals surface area contributed by atoms with E-state index in [0.29, 0.717) is 13.1 Å². The summed E-state index contributed by atoms with van der Waals surface area (Å²) >= 11 is 0. The fraction of sp³-hybridized carbons (Fsp3) is 0.550.